The Morgan fingerprint density at radius 2 is 2.27 bits per heavy atom. The second-order valence-corrected chi connectivity index (χ2v) is 4.14. The summed E-state index contributed by atoms with van der Waals surface area (Å²) in [5.41, 5.74) is 0.847. The van der Waals surface area contributed by atoms with Gasteiger partial charge in [0.2, 0.25) is 0 Å². The molecule has 15 heavy (non-hydrogen) atoms. The Morgan fingerprint density at radius 1 is 1.60 bits per heavy atom. The summed E-state index contributed by atoms with van der Waals surface area (Å²) < 4.78 is 0.577. The largest absolute Gasteiger partial charge is 0.298 e. The van der Waals surface area contributed by atoms with E-state index in [2.05, 4.69) is 0 Å². The number of rotatable bonds is 3. The molecule has 0 saturated carbocycles. The molecule has 1 rings (SSSR count). The lowest BCUT2D eigenvalue weighted by molar-refractivity contribution is 0.102. The number of Topliss-reactive ketones (excluding diaryl/α,β-unsaturated/α-hetero) is 1. The van der Waals surface area contributed by atoms with E-state index < -0.39 is 0 Å². The van der Waals surface area contributed by atoms with E-state index >= 15 is 0 Å². The summed E-state index contributed by atoms with van der Waals surface area (Å²) in [6, 6.07) is 4.87. The molecule has 0 aliphatic heterocycles. The van der Waals surface area contributed by atoms with Crippen molar-refractivity contribution in [3.05, 3.63) is 32.4 Å². The van der Waals surface area contributed by atoms with Gasteiger partial charge < -0.3 is 0 Å². The molecule has 0 aliphatic rings. The topological polar surface area (TPSA) is 57.9 Å². The van der Waals surface area contributed by atoms with Crippen LogP contribution in [0.25, 0.3) is 0 Å². The lowest BCUT2D eigenvalue weighted by Gasteiger charge is -2.04. The maximum atomic E-state index is 11.4. The number of aldehydes is 1. The summed E-state index contributed by atoms with van der Waals surface area (Å²) in [5.74, 6) is -0.553. The maximum Gasteiger partial charge on any atom is 0.178 e. The average Bonchev–Trinajstić information content (AvgIpc) is 2.26. The molecule has 0 saturated heterocycles. The van der Waals surface area contributed by atoms with Crippen LogP contribution >= 0.6 is 34.2 Å². The summed E-state index contributed by atoms with van der Waals surface area (Å²) in [6.07, 6.45) is 0.633. The molecule has 0 heterocycles. The van der Waals surface area contributed by atoms with E-state index in [-0.39, 0.29) is 22.8 Å². The number of hydrogen-bond donors (Lipinski definition) is 0. The predicted octanol–water partition coefficient (Wildman–Crippen LogP) is 2.40. The number of carbonyl (C=O) groups excluding carboxylic acids is 2. The van der Waals surface area contributed by atoms with Crippen LogP contribution in [0.2, 0.25) is 0 Å². The van der Waals surface area contributed by atoms with Gasteiger partial charge in [-0.25, -0.2) is 0 Å². The summed E-state index contributed by atoms with van der Waals surface area (Å²) in [5, 5.41) is 8.87. The van der Waals surface area contributed by atoms with Crippen molar-refractivity contribution in [2.24, 2.45) is 0 Å². The zero-order valence-electron chi connectivity index (χ0n) is 7.46. The zero-order chi connectivity index (χ0) is 11.4. The Balaban J connectivity index is 3.47. The van der Waals surface area contributed by atoms with Gasteiger partial charge in [0.1, 0.15) is 12.4 Å². The van der Waals surface area contributed by atoms with Crippen molar-refractivity contribution >= 4 is 46.3 Å². The first-order valence-electron chi connectivity index (χ1n) is 3.92. The Kier molecular flexibility index (Phi) is 4.24. The summed E-state index contributed by atoms with van der Waals surface area (Å²) in [4.78, 5) is 22.0. The molecule has 76 valence electrons. The Hall–Kier alpha value is -0.930. The van der Waals surface area contributed by atoms with E-state index in [9.17, 15) is 9.59 Å². The van der Waals surface area contributed by atoms with Gasteiger partial charge in [-0.2, -0.15) is 5.26 Å². The molecule has 5 heteroatoms. The monoisotopic (exact) mass is 333 g/mol. The fourth-order valence-electron chi connectivity index (χ4n) is 1.10. The Morgan fingerprint density at radius 3 is 2.73 bits per heavy atom. The van der Waals surface area contributed by atoms with Gasteiger partial charge >= 0.3 is 0 Å². The number of carbonyl (C=O) groups is 2. The number of nitriles is 1. The third-order valence-electron chi connectivity index (χ3n) is 1.78. The van der Waals surface area contributed by atoms with Crippen LogP contribution in [0.5, 0.6) is 0 Å². The lowest BCUT2D eigenvalue weighted by atomic mass is 10.0. The Bertz CT molecular complexity index is 465. The van der Waals surface area contributed by atoms with Crippen LogP contribution in [0.3, 0.4) is 0 Å². The van der Waals surface area contributed by atoms with Crippen molar-refractivity contribution in [3.8, 4) is 6.07 Å². The van der Waals surface area contributed by atoms with E-state index in [0.29, 0.717) is 15.4 Å². The molecule has 1 aromatic carbocycles. The minimum absolute atomic E-state index is 0.201. The molecule has 1 aromatic rings. The van der Waals surface area contributed by atoms with Gasteiger partial charge in [-0.05, 0) is 34.7 Å². The molecule has 0 spiro atoms. The second kappa shape index (κ2) is 5.24. The normalized spacial score (nSPS) is 9.40. The van der Waals surface area contributed by atoms with Gasteiger partial charge in [0.05, 0.1) is 11.4 Å². The molecule has 0 amide bonds. The van der Waals surface area contributed by atoms with Gasteiger partial charge in [0.25, 0.3) is 0 Å². The van der Waals surface area contributed by atoms with Crippen molar-refractivity contribution in [2.45, 2.75) is 0 Å². The fraction of sp³-hybridized carbons (Fsp3) is 0.100. The number of nitrogens with zero attached hydrogens (tertiary/aromatic N) is 1. The smallest absolute Gasteiger partial charge is 0.178 e. The standard InChI is InChI=1S/C10H5ClINO2/c11-3-10(15)7-1-6(5-14)2-9(12)8(7)4-13/h1-2,5H,3H2. The number of alkyl halides is 1. The van der Waals surface area contributed by atoms with Crippen molar-refractivity contribution in [3.63, 3.8) is 0 Å². The van der Waals surface area contributed by atoms with Crippen LogP contribution in [0.1, 0.15) is 26.3 Å². The van der Waals surface area contributed by atoms with Crippen molar-refractivity contribution in [1.29, 1.82) is 5.26 Å². The first-order chi connectivity index (χ1) is 7.13. The minimum atomic E-state index is -0.352. The first kappa shape index (κ1) is 12.1. The number of halogens is 2. The van der Waals surface area contributed by atoms with E-state index in [1.165, 1.54) is 6.07 Å². The van der Waals surface area contributed by atoms with Crippen LogP contribution in [0.4, 0.5) is 0 Å². The van der Waals surface area contributed by atoms with E-state index in [1.807, 2.05) is 28.7 Å². The second-order valence-electron chi connectivity index (χ2n) is 2.71. The third kappa shape index (κ3) is 2.55. The van der Waals surface area contributed by atoms with Gasteiger partial charge in [-0.3, -0.25) is 9.59 Å². The van der Waals surface area contributed by atoms with E-state index in [0.717, 1.165) is 0 Å². The number of hydrogen-bond acceptors (Lipinski definition) is 3. The predicted molar refractivity (Wildman–Crippen MR) is 64.3 cm³/mol. The molecule has 0 atom stereocenters. The SMILES string of the molecule is N#Cc1c(I)cc(C=O)cc1C(=O)CCl. The van der Waals surface area contributed by atoms with Crippen molar-refractivity contribution in [2.75, 3.05) is 5.88 Å². The van der Waals surface area contributed by atoms with Crippen LogP contribution < -0.4 is 0 Å². The van der Waals surface area contributed by atoms with E-state index in [4.69, 9.17) is 16.9 Å². The van der Waals surface area contributed by atoms with Gasteiger partial charge in [-0.1, -0.05) is 0 Å². The molecule has 0 aliphatic carbocycles. The highest BCUT2D eigenvalue weighted by Gasteiger charge is 2.14. The van der Waals surface area contributed by atoms with Crippen LogP contribution in [0, 0.1) is 14.9 Å². The summed E-state index contributed by atoms with van der Waals surface area (Å²) in [6.45, 7) is 0. The summed E-state index contributed by atoms with van der Waals surface area (Å²) in [7, 11) is 0. The van der Waals surface area contributed by atoms with Gasteiger partial charge in [0, 0.05) is 14.7 Å². The van der Waals surface area contributed by atoms with Crippen LogP contribution in [-0.2, 0) is 0 Å². The van der Waals surface area contributed by atoms with Crippen molar-refractivity contribution in [1.82, 2.24) is 0 Å². The Labute approximate surface area is 105 Å². The zero-order valence-corrected chi connectivity index (χ0v) is 10.4. The summed E-state index contributed by atoms with van der Waals surface area (Å²) >= 11 is 7.32. The van der Waals surface area contributed by atoms with Crippen LogP contribution in [-0.4, -0.2) is 17.9 Å². The van der Waals surface area contributed by atoms with Crippen LogP contribution in [0.15, 0.2) is 12.1 Å². The molecule has 0 aromatic heterocycles. The number of benzene rings is 1. The quantitative estimate of drug-likeness (QED) is 0.369. The average molecular weight is 334 g/mol. The van der Waals surface area contributed by atoms with E-state index in [1.54, 1.807) is 6.07 Å². The highest BCUT2D eigenvalue weighted by Crippen LogP contribution is 2.19. The first-order valence-corrected chi connectivity index (χ1v) is 5.53. The maximum absolute atomic E-state index is 11.4. The minimum Gasteiger partial charge on any atom is -0.298 e. The van der Waals surface area contributed by atoms with Gasteiger partial charge in [0.15, 0.2) is 5.78 Å². The molecule has 0 N–H and O–H groups in total. The van der Waals surface area contributed by atoms with Gasteiger partial charge in [-0.15, -0.1) is 11.6 Å². The van der Waals surface area contributed by atoms with Crippen molar-refractivity contribution < 1.29 is 9.59 Å². The number of ketones is 1. The molecule has 3 nitrogen and oxygen atoms in total. The molecule has 0 unspecified atom stereocenters. The third-order valence-corrected chi connectivity index (χ3v) is 2.88. The highest BCUT2D eigenvalue weighted by atomic mass is 127. The molecular formula is C10H5ClINO2. The lowest BCUT2D eigenvalue weighted by Crippen LogP contribution is -2.06. The molecule has 0 bridgehead atoms. The fourth-order valence-corrected chi connectivity index (χ4v) is 2.02. The molecule has 0 radical (unpaired) electrons. The molecular weight excluding hydrogens is 328 g/mol. The molecule has 0 fully saturated rings. The highest BCUT2D eigenvalue weighted by molar-refractivity contribution is 14.1.